The van der Waals surface area contributed by atoms with Gasteiger partial charge >= 0.3 is 0 Å². The number of hydrogen-bond donors (Lipinski definition) is 2. The maximum Gasteiger partial charge on any atom is 0.191 e. The molecule has 124 valence electrons. The van der Waals surface area contributed by atoms with Gasteiger partial charge in [0, 0.05) is 50.2 Å². The van der Waals surface area contributed by atoms with Crippen molar-refractivity contribution in [2.75, 3.05) is 33.7 Å². The Morgan fingerprint density at radius 3 is 2.73 bits per heavy atom. The highest BCUT2D eigenvalue weighted by atomic mass is 32.1. The molecule has 22 heavy (non-hydrogen) atoms. The molecule has 1 aromatic heterocycles. The molecule has 1 saturated carbocycles. The highest BCUT2D eigenvalue weighted by molar-refractivity contribution is 7.11. The summed E-state index contributed by atoms with van der Waals surface area (Å²) in [5.74, 6) is 0.882. The lowest BCUT2D eigenvalue weighted by molar-refractivity contribution is 0.249. The molecule has 0 saturated heterocycles. The summed E-state index contributed by atoms with van der Waals surface area (Å²) in [6.07, 6.45) is 8.38. The summed E-state index contributed by atoms with van der Waals surface area (Å²) in [4.78, 5) is 12.4. The van der Waals surface area contributed by atoms with Crippen molar-refractivity contribution in [2.24, 2.45) is 4.99 Å². The van der Waals surface area contributed by atoms with Crippen LogP contribution in [0.25, 0.3) is 0 Å². The molecule has 5 nitrogen and oxygen atoms in total. The third-order valence-corrected chi connectivity index (χ3v) is 5.20. The fourth-order valence-corrected chi connectivity index (χ4v) is 3.69. The fourth-order valence-electron chi connectivity index (χ4n) is 2.90. The van der Waals surface area contributed by atoms with Gasteiger partial charge in [-0.1, -0.05) is 12.8 Å². The summed E-state index contributed by atoms with van der Waals surface area (Å²) in [7, 11) is 4.06. The molecule has 2 N–H and O–H groups in total. The first-order valence-corrected chi connectivity index (χ1v) is 9.06. The summed E-state index contributed by atoms with van der Waals surface area (Å²) >= 11 is 1.76. The number of rotatable bonds is 7. The first kappa shape index (κ1) is 17.2. The zero-order valence-electron chi connectivity index (χ0n) is 14.1. The number of thiazole rings is 1. The Bertz CT molecular complexity index is 465. The van der Waals surface area contributed by atoms with Crippen LogP contribution >= 0.6 is 11.3 Å². The van der Waals surface area contributed by atoms with Crippen molar-refractivity contribution in [3.63, 3.8) is 0 Å². The van der Waals surface area contributed by atoms with Gasteiger partial charge in [-0.3, -0.25) is 4.99 Å². The molecule has 0 radical (unpaired) electrons. The van der Waals surface area contributed by atoms with Crippen LogP contribution in [0.3, 0.4) is 0 Å². The smallest absolute Gasteiger partial charge is 0.191 e. The summed E-state index contributed by atoms with van der Waals surface area (Å²) in [5.41, 5.74) is 0. The number of aryl methyl sites for hydroxylation is 1. The second-order valence-electron chi connectivity index (χ2n) is 5.96. The molecule has 2 rings (SSSR count). The molecule has 1 heterocycles. The summed E-state index contributed by atoms with van der Waals surface area (Å²) in [6.45, 7) is 4.96. The van der Waals surface area contributed by atoms with Gasteiger partial charge in [-0.05, 0) is 26.8 Å². The molecular formula is C16H29N5S. The van der Waals surface area contributed by atoms with Crippen LogP contribution in [0.4, 0.5) is 0 Å². The molecule has 0 aliphatic heterocycles. The van der Waals surface area contributed by atoms with E-state index in [1.165, 1.54) is 35.6 Å². The second kappa shape index (κ2) is 9.10. The van der Waals surface area contributed by atoms with Gasteiger partial charge in [-0.25, -0.2) is 4.98 Å². The molecule has 0 atom stereocenters. The molecule has 0 unspecified atom stereocenters. The summed E-state index contributed by atoms with van der Waals surface area (Å²) in [6, 6.07) is 0.782. The normalized spacial score (nSPS) is 16.5. The molecule has 1 fully saturated rings. The molecule has 1 aliphatic carbocycles. The largest absolute Gasteiger partial charge is 0.356 e. The van der Waals surface area contributed by atoms with Crippen molar-refractivity contribution in [1.82, 2.24) is 20.5 Å². The number of aliphatic imine (C=N–C) groups is 1. The maximum absolute atomic E-state index is 4.38. The second-order valence-corrected chi connectivity index (χ2v) is 7.28. The van der Waals surface area contributed by atoms with Crippen molar-refractivity contribution in [3.8, 4) is 0 Å². The lowest BCUT2D eigenvalue weighted by atomic mass is 10.2. The van der Waals surface area contributed by atoms with Gasteiger partial charge in [-0.15, -0.1) is 11.3 Å². The van der Waals surface area contributed by atoms with Crippen LogP contribution < -0.4 is 10.6 Å². The van der Waals surface area contributed by atoms with E-state index in [0.29, 0.717) is 0 Å². The molecule has 0 spiro atoms. The summed E-state index contributed by atoms with van der Waals surface area (Å²) < 4.78 is 0. The van der Waals surface area contributed by atoms with E-state index in [1.807, 2.05) is 13.2 Å². The standard InChI is InChI=1S/C16H29N5S/c1-13-12-20-15(22-13)8-9-18-16(17-2)19-10-11-21(3)14-6-4-5-7-14/h12,14H,4-11H2,1-3H3,(H2,17,18,19). The number of guanidine groups is 1. The van der Waals surface area contributed by atoms with Crippen molar-refractivity contribution < 1.29 is 0 Å². The third-order valence-electron chi connectivity index (χ3n) is 4.23. The Labute approximate surface area is 138 Å². The minimum absolute atomic E-state index is 0.782. The Morgan fingerprint density at radius 2 is 2.09 bits per heavy atom. The van der Waals surface area contributed by atoms with Crippen LogP contribution in [-0.4, -0.2) is 55.6 Å². The van der Waals surface area contributed by atoms with Crippen molar-refractivity contribution in [1.29, 1.82) is 0 Å². The number of nitrogens with zero attached hydrogens (tertiary/aromatic N) is 3. The van der Waals surface area contributed by atoms with Gasteiger partial charge in [0.05, 0.1) is 5.01 Å². The Balaban J connectivity index is 1.60. The number of likely N-dealkylation sites (N-methyl/N-ethyl adjacent to an activating group) is 1. The van der Waals surface area contributed by atoms with Gasteiger partial charge in [-0.2, -0.15) is 0 Å². The molecule has 0 bridgehead atoms. The van der Waals surface area contributed by atoms with Crippen LogP contribution in [-0.2, 0) is 6.42 Å². The van der Waals surface area contributed by atoms with E-state index in [-0.39, 0.29) is 0 Å². The predicted octanol–water partition coefficient (Wildman–Crippen LogP) is 2.03. The van der Waals surface area contributed by atoms with E-state index in [9.17, 15) is 0 Å². The highest BCUT2D eigenvalue weighted by Crippen LogP contribution is 2.21. The third kappa shape index (κ3) is 5.57. The predicted molar refractivity (Wildman–Crippen MR) is 94.8 cm³/mol. The van der Waals surface area contributed by atoms with E-state index in [2.05, 4.69) is 39.5 Å². The van der Waals surface area contributed by atoms with Crippen molar-refractivity contribution >= 4 is 17.3 Å². The fraction of sp³-hybridized carbons (Fsp3) is 0.750. The minimum atomic E-state index is 0.782. The molecular weight excluding hydrogens is 294 g/mol. The lowest BCUT2D eigenvalue weighted by Crippen LogP contribution is -2.43. The molecule has 1 aromatic rings. The van der Waals surface area contributed by atoms with Gasteiger partial charge in [0.2, 0.25) is 0 Å². The topological polar surface area (TPSA) is 52.6 Å². The Morgan fingerprint density at radius 1 is 1.36 bits per heavy atom. The first-order chi connectivity index (χ1) is 10.7. The molecule has 6 heteroatoms. The Hall–Kier alpha value is -1.14. The molecule has 0 amide bonds. The van der Waals surface area contributed by atoms with Gasteiger partial charge in [0.15, 0.2) is 5.96 Å². The van der Waals surface area contributed by atoms with Gasteiger partial charge in [0.25, 0.3) is 0 Å². The minimum Gasteiger partial charge on any atom is -0.356 e. The van der Waals surface area contributed by atoms with Crippen LogP contribution in [0.1, 0.15) is 35.6 Å². The monoisotopic (exact) mass is 323 g/mol. The lowest BCUT2D eigenvalue weighted by Gasteiger charge is -2.24. The highest BCUT2D eigenvalue weighted by Gasteiger charge is 2.18. The number of aromatic nitrogens is 1. The SMILES string of the molecule is CN=C(NCCc1ncc(C)s1)NCCN(C)C1CCCC1. The Kier molecular flexibility index (Phi) is 7.12. The van der Waals surface area contributed by atoms with E-state index >= 15 is 0 Å². The van der Waals surface area contributed by atoms with E-state index in [4.69, 9.17) is 0 Å². The molecule has 0 aromatic carbocycles. The maximum atomic E-state index is 4.38. The van der Waals surface area contributed by atoms with Crippen LogP contribution in [0.2, 0.25) is 0 Å². The first-order valence-electron chi connectivity index (χ1n) is 8.25. The van der Waals surface area contributed by atoms with E-state index in [0.717, 1.165) is 38.1 Å². The van der Waals surface area contributed by atoms with Crippen LogP contribution in [0.15, 0.2) is 11.2 Å². The average molecular weight is 324 g/mol. The van der Waals surface area contributed by atoms with Crippen molar-refractivity contribution in [3.05, 3.63) is 16.1 Å². The van der Waals surface area contributed by atoms with E-state index in [1.54, 1.807) is 11.3 Å². The average Bonchev–Trinajstić information content (AvgIpc) is 3.17. The van der Waals surface area contributed by atoms with Gasteiger partial charge < -0.3 is 15.5 Å². The summed E-state index contributed by atoms with van der Waals surface area (Å²) in [5, 5.41) is 7.93. The zero-order chi connectivity index (χ0) is 15.8. The molecule has 1 aliphatic rings. The quantitative estimate of drug-likeness (QED) is 0.595. The van der Waals surface area contributed by atoms with Crippen LogP contribution in [0, 0.1) is 6.92 Å². The number of nitrogens with one attached hydrogen (secondary N) is 2. The van der Waals surface area contributed by atoms with Crippen LogP contribution in [0.5, 0.6) is 0 Å². The van der Waals surface area contributed by atoms with E-state index < -0.39 is 0 Å². The van der Waals surface area contributed by atoms with Gasteiger partial charge in [0.1, 0.15) is 0 Å². The van der Waals surface area contributed by atoms with Crippen molar-refractivity contribution in [2.45, 2.75) is 45.1 Å². The number of hydrogen-bond acceptors (Lipinski definition) is 4. The zero-order valence-corrected chi connectivity index (χ0v) is 14.9.